The number of nitrogens with zero attached hydrogens (tertiary/aromatic N) is 3. The van der Waals surface area contributed by atoms with E-state index >= 15 is 0 Å². The predicted molar refractivity (Wildman–Crippen MR) is 60.1 cm³/mol. The van der Waals surface area contributed by atoms with E-state index in [0.29, 0.717) is 6.04 Å². The van der Waals surface area contributed by atoms with Crippen molar-refractivity contribution in [2.24, 2.45) is 0 Å². The Bertz CT molecular complexity index is 328. The Morgan fingerprint density at radius 2 is 2.07 bits per heavy atom. The third-order valence-electron chi connectivity index (χ3n) is 2.62. The van der Waals surface area contributed by atoms with Crippen LogP contribution >= 0.6 is 0 Å². The van der Waals surface area contributed by atoms with Crippen LogP contribution in [-0.2, 0) is 4.74 Å². The summed E-state index contributed by atoms with van der Waals surface area (Å²) in [5.41, 5.74) is 5.89. The van der Waals surface area contributed by atoms with Crippen LogP contribution in [0.5, 0.6) is 0 Å². The van der Waals surface area contributed by atoms with Gasteiger partial charge in [-0.3, -0.25) is 4.57 Å². The molecule has 2 N–H and O–H groups in total. The summed E-state index contributed by atoms with van der Waals surface area (Å²) in [5.74, 6) is 1.69. The Balaban J connectivity index is 2.26. The number of hydrogen-bond acceptors (Lipinski definition) is 4. The molecule has 2 rings (SSSR count). The molecule has 5 nitrogen and oxygen atoms in total. The van der Waals surface area contributed by atoms with E-state index in [1.807, 2.05) is 0 Å². The topological polar surface area (TPSA) is 56.3 Å². The molecule has 1 aliphatic rings. The van der Waals surface area contributed by atoms with Gasteiger partial charge in [0.05, 0.1) is 19.4 Å². The summed E-state index contributed by atoms with van der Waals surface area (Å²) in [6.07, 6.45) is 1.73. The standard InChI is InChI=1S/C10H18N4O/c1-8(2)14-9(11)7-12-10(14)13-3-5-15-6-4-13/h7-8H,3-6,11H2,1-2H3. The minimum atomic E-state index is 0.338. The molecule has 0 spiro atoms. The summed E-state index contributed by atoms with van der Waals surface area (Å²) in [4.78, 5) is 6.59. The van der Waals surface area contributed by atoms with Gasteiger partial charge in [-0.15, -0.1) is 0 Å². The fourth-order valence-corrected chi connectivity index (χ4v) is 1.89. The first-order valence-corrected chi connectivity index (χ1v) is 5.35. The van der Waals surface area contributed by atoms with Crippen LogP contribution < -0.4 is 10.6 Å². The molecule has 5 heteroatoms. The molecule has 0 unspecified atom stereocenters. The lowest BCUT2D eigenvalue weighted by molar-refractivity contribution is 0.121. The van der Waals surface area contributed by atoms with Gasteiger partial charge in [-0.05, 0) is 13.8 Å². The van der Waals surface area contributed by atoms with Crippen molar-refractivity contribution in [3.05, 3.63) is 6.20 Å². The van der Waals surface area contributed by atoms with Crippen LogP contribution in [-0.4, -0.2) is 35.9 Å². The molecule has 84 valence electrons. The molecule has 0 atom stereocenters. The zero-order valence-corrected chi connectivity index (χ0v) is 9.31. The van der Waals surface area contributed by atoms with Crippen molar-refractivity contribution in [1.29, 1.82) is 0 Å². The average Bonchev–Trinajstić information content (AvgIpc) is 2.61. The van der Waals surface area contributed by atoms with Crippen molar-refractivity contribution in [1.82, 2.24) is 9.55 Å². The second-order valence-corrected chi connectivity index (χ2v) is 4.05. The Kier molecular flexibility index (Phi) is 2.81. The molecular weight excluding hydrogens is 192 g/mol. The number of anilines is 2. The molecule has 0 amide bonds. The number of imidazole rings is 1. The molecule has 2 heterocycles. The highest BCUT2D eigenvalue weighted by atomic mass is 16.5. The number of hydrogen-bond donors (Lipinski definition) is 1. The van der Waals surface area contributed by atoms with Gasteiger partial charge < -0.3 is 15.4 Å². The zero-order valence-electron chi connectivity index (χ0n) is 9.31. The zero-order chi connectivity index (χ0) is 10.8. The van der Waals surface area contributed by atoms with Crippen LogP contribution in [0.4, 0.5) is 11.8 Å². The van der Waals surface area contributed by atoms with Gasteiger partial charge in [-0.2, -0.15) is 0 Å². The Morgan fingerprint density at radius 3 is 2.67 bits per heavy atom. The Hall–Kier alpha value is -1.23. The third kappa shape index (κ3) is 1.92. The quantitative estimate of drug-likeness (QED) is 0.787. The highest BCUT2D eigenvalue weighted by Crippen LogP contribution is 2.23. The maximum atomic E-state index is 5.89. The number of aromatic nitrogens is 2. The van der Waals surface area contributed by atoms with Crippen molar-refractivity contribution in [2.45, 2.75) is 19.9 Å². The van der Waals surface area contributed by atoms with E-state index in [1.54, 1.807) is 6.20 Å². The molecule has 0 radical (unpaired) electrons. The van der Waals surface area contributed by atoms with Crippen LogP contribution in [0, 0.1) is 0 Å². The van der Waals surface area contributed by atoms with Gasteiger partial charge in [-0.25, -0.2) is 4.98 Å². The minimum Gasteiger partial charge on any atom is -0.384 e. The Morgan fingerprint density at radius 1 is 1.40 bits per heavy atom. The van der Waals surface area contributed by atoms with Crippen molar-refractivity contribution in [2.75, 3.05) is 36.9 Å². The van der Waals surface area contributed by atoms with Gasteiger partial charge in [0.1, 0.15) is 5.82 Å². The monoisotopic (exact) mass is 210 g/mol. The fraction of sp³-hybridized carbons (Fsp3) is 0.700. The number of morpholine rings is 1. The second kappa shape index (κ2) is 4.10. The van der Waals surface area contributed by atoms with Crippen LogP contribution in [0.15, 0.2) is 6.20 Å². The summed E-state index contributed by atoms with van der Waals surface area (Å²) in [7, 11) is 0. The van der Waals surface area contributed by atoms with E-state index in [2.05, 4.69) is 28.3 Å². The molecule has 1 aliphatic heterocycles. The van der Waals surface area contributed by atoms with Crippen LogP contribution in [0.1, 0.15) is 19.9 Å². The second-order valence-electron chi connectivity index (χ2n) is 4.05. The summed E-state index contributed by atoms with van der Waals surface area (Å²) >= 11 is 0. The molecule has 1 fully saturated rings. The molecule has 0 bridgehead atoms. The largest absolute Gasteiger partial charge is 0.384 e. The highest BCUT2D eigenvalue weighted by molar-refractivity contribution is 5.43. The van der Waals surface area contributed by atoms with E-state index in [9.17, 15) is 0 Å². The van der Waals surface area contributed by atoms with E-state index in [4.69, 9.17) is 10.5 Å². The van der Waals surface area contributed by atoms with Gasteiger partial charge >= 0.3 is 0 Å². The van der Waals surface area contributed by atoms with E-state index < -0.39 is 0 Å². The van der Waals surface area contributed by atoms with Crippen molar-refractivity contribution in [3.8, 4) is 0 Å². The molecule has 0 saturated carbocycles. The molecule has 0 aliphatic carbocycles. The van der Waals surface area contributed by atoms with Crippen molar-refractivity contribution >= 4 is 11.8 Å². The molecule has 1 aromatic heterocycles. The first kappa shape index (κ1) is 10.3. The van der Waals surface area contributed by atoms with Crippen molar-refractivity contribution in [3.63, 3.8) is 0 Å². The summed E-state index contributed by atoms with van der Waals surface area (Å²) in [6, 6.07) is 0.338. The van der Waals surface area contributed by atoms with Gasteiger partial charge in [-0.1, -0.05) is 0 Å². The predicted octanol–water partition coefficient (Wildman–Crippen LogP) is 0.883. The minimum absolute atomic E-state index is 0.338. The maximum absolute atomic E-state index is 5.89. The summed E-state index contributed by atoms with van der Waals surface area (Å²) in [6.45, 7) is 7.55. The maximum Gasteiger partial charge on any atom is 0.207 e. The van der Waals surface area contributed by atoms with Gasteiger partial charge in [0, 0.05) is 19.1 Å². The molecule has 1 saturated heterocycles. The fourth-order valence-electron chi connectivity index (χ4n) is 1.89. The lowest BCUT2D eigenvalue weighted by Crippen LogP contribution is -2.38. The first-order valence-electron chi connectivity index (χ1n) is 5.35. The van der Waals surface area contributed by atoms with Crippen LogP contribution in [0.25, 0.3) is 0 Å². The van der Waals surface area contributed by atoms with E-state index in [-0.39, 0.29) is 0 Å². The third-order valence-corrected chi connectivity index (χ3v) is 2.62. The normalized spacial score (nSPS) is 17.4. The van der Waals surface area contributed by atoms with E-state index in [0.717, 1.165) is 38.1 Å². The lowest BCUT2D eigenvalue weighted by Gasteiger charge is -2.29. The van der Waals surface area contributed by atoms with Crippen molar-refractivity contribution < 1.29 is 4.74 Å². The molecule has 1 aromatic rings. The summed E-state index contributed by atoms with van der Waals surface area (Å²) in [5, 5.41) is 0. The smallest absolute Gasteiger partial charge is 0.207 e. The average molecular weight is 210 g/mol. The van der Waals surface area contributed by atoms with Gasteiger partial charge in [0.25, 0.3) is 0 Å². The summed E-state index contributed by atoms with van der Waals surface area (Å²) < 4.78 is 7.38. The van der Waals surface area contributed by atoms with Gasteiger partial charge in [0.2, 0.25) is 5.95 Å². The number of ether oxygens (including phenoxy) is 1. The first-order chi connectivity index (χ1) is 7.20. The Labute approximate surface area is 89.8 Å². The van der Waals surface area contributed by atoms with E-state index in [1.165, 1.54) is 0 Å². The number of rotatable bonds is 2. The highest BCUT2D eigenvalue weighted by Gasteiger charge is 2.19. The lowest BCUT2D eigenvalue weighted by atomic mass is 10.4. The number of nitrogen functional groups attached to an aromatic ring is 1. The molecule has 0 aromatic carbocycles. The van der Waals surface area contributed by atoms with Gasteiger partial charge in [0.15, 0.2) is 0 Å². The number of nitrogens with two attached hydrogens (primary N) is 1. The molecular formula is C10H18N4O. The SMILES string of the molecule is CC(C)n1c(N)cnc1N1CCOCC1. The molecule has 15 heavy (non-hydrogen) atoms. The van der Waals surface area contributed by atoms with Crippen LogP contribution in [0.2, 0.25) is 0 Å². The van der Waals surface area contributed by atoms with Crippen LogP contribution in [0.3, 0.4) is 0 Å².